The van der Waals surface area contributed by atoms with Crippen LogP contribution in [0.3, 0.4) is 0 Å². The number of nitrogens with zero attached hydrogens (tertiary/aromatic N) is 1. The summed E-state index contributed by atoms with van der Waals surface area (Å²) < 4.78 is 13.6. The molecular weight excluding hydrogens is 357 g/mol. The van der Waals surface area contributed by atoms with E-state index in [-0.39, 0.29) is 23.8 Å². The molecule has 0 unspecified atom stereocenters. The average Bonchev–Trinajstić information content (AvgIpc) is 3.05. The molecule has 3 atom stereocenters. The van der Waals surface area contributed by atoms with E-state index >= 15 is 0 Å². The molecule has 2 aliphatic heterocycles. The third-order valence-electron chi connectivity index (χ3n) is 5.88. The van der Waals surface area contributed by atoms with E-state index in [4.69, 9.17) is 0 Å². The summed E-state index contributed by atoms with van der Waals surface area (Å²) in [4.78, 5) is 26.7. The van der Waals surface area contributed by atoms with E-state index in [0.29, 0.717) is 25.2 Å². The van der Waals surface area contributed by atoms with Crippen LogP contribution in [0.2, 0.25) is 0 Å². The van der Waals surface area contributed by atoms with Gasteiger partial charge in [-0.05, 0) is 30.2 Å². The van der Waals surface area contributed by atoms with Crippen molar-refractivity contribution in [1.82, 2.24) is 15.5 Å². The molecule has 2 amide bonds. The van der Waals surface area contributed by atoms with Crippen molar-refractivity contribution in [1.29, 1.82) is 0 Å². The molecule has 0 bridgehead atoms. The smallest absolute Gasteiger partial charge is 0.254 e. The Morgan fingerprint density at radius 1 is 1.18 bits per heavy atom. The summed E-state index contributed by atoms with van der Waals surface area (Å²) in [5, 5.41) is 6.69. The number of carbonyl (C=O) groups excluding carboxylic acids is 2. The molecule has 2 fully saturated rings. The molecule has 2 heterocycles. The first kappa shape index (κ1) is 18.6. The summed E-state index contributed by atoms with van der Waals surface area (Å²) >= 11 is 0. The molecule has 2 N–H and O–H groups in total. The second-order valence-corrected chi connectivity index (χ2v) is 7.74. The highest BCUT2D eigenvalue weighted by Crippen LogP contribution is 2.42. The quantitative estimate of drug-likeness (QED) is 0.859. The van der Waals surface area contributed by atoms with Gasteiger partial charge in [0.15, 0.2) is 0 Å². The van der Waals surface area contributed by atoms with E-state index < -0.39 is 11.4 Å². The van der Waals surface area contributed by atoms with Crippen molar-refractivity contribution in [2.24, 2.45) is 5.92 Å². The average molecular weight is 381 g/mol. The van der Waals surface area contributed by atoms with Crippen LogP contribution in [0.15, 0.2) is 54.6 Å². The zero-order valence-corrected chi connectivity index (χ0v) is 15.8. The molecule has 28 heavy (non-hydrogen) atoms. The van der Waals surface area contributed by atoms with Crippen LogP contribution in [0.25, 0.3) is 0 Å². The number of likely N-dealkylation sites (tertiary alicyclic amines) is 1. The Bertz CT molecular complexity index is 888. The van der Waals surface area contributed by atoms with Crippen LogP contribution in [0.4, 0.5) is 4.39 Å². The molecule has 0 aliphatic carbocycles. The van der Waals surface area contributed by atoms with E-state index in [9.17, 15) is 14.0 Å². The lowest BCUT2D eigenvalue weighted by Gasteiger charge is -2.45. The van der Waals surface area contributed by atoms with Crippen LogP contribution < -0.4 is 10.6 Å². The molecular formula is C22H24FN3O2. The summed E-state index contributed by atoms with van der Waals surface area (Å²) in [6.45, 7) is 3.08. The van der Waals surface area contributed by atoms with Crippen molar-refractivity contribution >= 4 is 11.8 Å². The first-order chi connectivity index (χ1) is 13.5. The standard InChI is InChI=1S/C22H24FN3O2/c1-15(27)25-22-13-24-20(16-6-3-2-4-7-16)19(22)10-11-26(14-22)21(28)17-8-5-9-18(23)12-17/h2-9,12,19-20,24H,10-11,13-14H2,1H3,(H,25,27)/t19-,20-,22+/m1/s1. The largest absolute Gasteiger partial charge is 0.347 e. The fourth-order valence-corrected chi connectivity index (χ4v) is 4.73. The molecule has 2 aromatic rings. The summed E-state index contributed by atoms with van der Waals surface area (Å²) in [6, 6.07) is 16.1. The van der Waals surface area contributed by atoms with Gasteiger partial charge in [0.05, 0.1) is 5.54 Å². The van der Waals surface area contributed by atoms with Crippen molar-refractivity contribution in [3.63, 3.8) is 0 Å². The first-order valence-electron chi connectivity index (χ1n) is 9.60. The number of carbonyl (C=O) groups is 2. The number of halogens is 1. The van der Waals surface area contributed by atoms with Gasteiger partial charge in [-0.25, -0.2) is 4.39 Å². The number of amides is 2. The zero-order valence-electron chi connectivity index (χ0n) is 15.8. The molecule has 2 aliphatic rings. The molecule has 5 nitrogen and oxygen atoms in total. The van der Waals surface area contributed by atoms with Gasteiger partial charge in [0.1, 0.15) is 5.82 Å². The number of fused-ring (bicyclic) bond motifs is 1. The monoisotopic (exact) mass is 381 g/mol. The molecule has 0 saturated carbocycles. The highest BCUT2D eigenvalue weighted by molar-refractivity contribution is 5.94. The van der Waals surface area contributed by atoms with Gasteiger partial charge in [-0.1, -0.05) is 36.4 Å². The molecule has 0 aromatic heterocycles. The van der Waals surface area contributed by atoms with E-state index in [1.54, 1.807) is 17.0 Å². The lowest BCUT2D eigenvalue weighted by Crippen LogP contribution is -2.64. The lowest BCUT2D eigenvalue weighted by atomic mass is 9.75. The maximum Gasteiger partial charge on any atom is 0.254 e. The first-order valence-corrected chi connectivity index (χ1v) is 9.60. The van der Waals surface area contributed by atoms with E-state index in [1.165, 1.54) is 24.6 Å². The molecule has 146 valence electrons. The van der Waals surface area contributed by atoms with Crippen LogP contribution in [0, 0.1) is 11.7 Å². The van der Waals surface area contributed by atoms with Gasteiger partial charge >= 0.3 is 0 Å². The Kier molecular flexibility index (Phi) is 4.89. The number of rotatable bonds is 3. The van der Waals surface area contributed by atoms with Crippen molar-refractivity contribution in [3.05, 3.63) is 71.5 Å². The Labute approximate surface area is 163 Å². The van der Waals surface area contributed by atoms with E-state index in [1.807, 2.05) is 18.2 Å². The fraction of sp³-hybridized carbons (Fsp3) is 0.364. The van der Waals surface area contributed by atoms with Gasteiger partial charge < -0.3 is 15.5 Å². The number of benzene rings is 2. The van der Waals surface area contributed by atoms with E-state index in [0.717, 1.165) is 6.42 Å². The zero-order chi connectivity index (χ0) is 19.7. The SMILES string of the molecule is CC(=O)N[C@]12CN[C@H](c3ccccc3)[C@H]1CCN(C(=O)c1cccc(F)c1)C2. The maximum atomic E-state index is 13.6. The molecule has 2 aromatic carbocycles. The van der Waals surface area contributed by atoms with Crippen LogP contribution in [-0.2, 0) is 4.79 Å². The van der Waals surface area contributed by atoms with Gasteiger partial charge in [0.25, 0.3) is 5.91 Å². The molecule has 0 spiro atoms. The van der Waals surface area contributed by atoms with Crippen LogP contribution in [0.5, 0.6) is 0 Å². The number of nitrogens with one attached hydrogen (secondary N) is 2. The number of hydrogen-bond donors (Lipinski definition) is 2. The number of hydrogen-bond acceptors (Lipinski definition) is 3. The van der Waals surface area contributed by atoms with E-state index in [2.05, 4.69) is 22.8 Å². The minimum atomic E-state index is -0.534. The minimum Gasteiger partial charge on any atom is -0.347 e. The van der Waals surface area contributed by atoms with Crippen molar-refractivity contribution in [3.8, 4) is 0 Å². The molecule has 6 heteroatoms. The van der Waals surface area contributed by atoms with Gasteiger partial charge in [0, 0.05) is 44.1 Å². The van der Waals surface area contributed by atoms with Gasteiger partial charge in [-0.2, -0.15) is 0 Å². The summed E-state index contributed by atoms with van der Waals surface area (Å²) in [5.41, 5.74) is 0.986. The van der Waals surface area contributed by atoms with Crippen molar-refractivity contribution in [2.45, 2.75) is 24.9 Å². The van der Waals surface area contributed by atoms with Gasteiger partial charge in [-0.3, -0.25) is 9.59 Å². The van der Waals surface area contributed by atoms with Crippen molar-refractivity contribution in [2.75, 3.05) is 19.6 Å². The minimum absolute atomic E-state index is 0.111. The highest BCUT2D eigenvalue weighted by Gasteiger charge is 2.53. The van der Waals surface area contributed by atoms with Crippen LogP contribution >= 0.6 is 0 Å². The maximum absolute atomic E-state index is 13.6. The molecule has 2 saturated heterocycles. The van der Waals surface area contributed by atoms with Gasteiger partial charge in [0.2, 0.25) is 5.91 Å². The topological polar surface area (TPSA) is 61.4 Å². The predicted octanol–water partition coefficient (Wildman–Crippen LogP) is 2.51. The van der Waals surface area contributed by atoms with Crippen molar-refractivity contribution < 1.29 is 14.0 Å². The molecule has 0 radical (unpaired) electrons. The third kappa shape index (κ3) is 3.40. The molecule has 4 rings (SSSR count). The second-order valence-electron chi connectivity index (χ2n) is 7.74. The lowest BCUT2D eigenvalue weighted by molar-refractivity contribution is -0.122. The van der Waals surface area contributed by atoms with Crippen LogP contribution in [0.1, 0.15) is 35.3 Å². The predicted molar refractivity (Wildman–Crippen MR) is 104 cm³/mol. The second kappa shape index (κ2) is 7.36. The Morgan fingerprint density at radius 3 is 2.68 bits per heavy atom. The Hall–Kier alpha value is -2.73. The summed E-state index contributed by atoms with van der Waals surface area (Å²) in [5.74, 6) is -0.564. The summed E-state index contributed by atoms with van der Waals surface area (Å²) in [7, 11) is 0. The Balaban J connectivity index is 1.61. The fourth-order valence-electron chi connectivity index (χ4n) is 4.73. The van der Waals surface area contributed by atoms with Crippen LogP contribution in [-0.4, -0.2) is 41.9 Å². The van der Waals surface area contributed by atoms with Gasteiger partial charge in [-0.15, -0.1) is 0 Å². The normalized spacial score (nSPS) is 26.6. The number of piperidine rings is 1. The third-order valence-corrected chi connectivity index (χ3v) is 5.88. The Morgan fingerprint density at radius 2 is 1.96 bits per heavy atom. The highest BCUT2D eigenvalue weighted by atomic mass is 19.1. The summed E-state index contributed by atoms with van der Waals surface area (Å²) in [6.07, 6.45) is 0.758.